The standard InChI is InChI=1S/C18H21FN6O3S/c1-11-2-5-14(29(26,27)24-12-3-4-13(7-19)28-9-12)6-15(11)16-8-21-18-17(20)22-10-23-25(16)18/h2,5-6,8,10,12-13,24H,3-4,7,9H2,1H3,(H2,20,22,23)/t12-,13+/m0/s1. The van der Waals surface area contributed by atoms with Gasteiger partial charge in [-0.1, -0.05) is 6.07 Å². The first-order valence-corrected chi connectivity index (χ1v) is 10.6. The summed E-state index contributed by atoms with van der Waals surface area (Å²) in [6, 6.07) is 4.45. The lowest BCUT2D eigenvalue weighted by Gasteiger charge is -2.28. The molecule has 0 unspecified atom stereocenters. The van der Waals surface area contributed by atoms with Crippen molar-refractivity contribution < 1.29 is 17.5 Å². The number of sulfonamides is 1. The van der Waals surface area contributed by atoms with Crippen LogP contribution in [0, 0.1) is 6.92 Å². The smallest absolute Gasteiger partial charge is 0.240 e. The molecule has 4 rings (SSSR count). The second-order valence-electron chi connectivity index (χ2n) is 7.01. The van der Waals surface area contributed by atoms with E-state index in [0.717, 1.165) is 5.56 Å². The van der Waals surface area contributed by atoms with Crippen LogP contribution in [-0.4, -0.2) is 53.4 Å². The Kier molecular flexibility index (Phi) is 5.19. The minimum Gasteiger partial charge on any atom is -0.381 e. The third-order valence-electron chi connectivity index (χ3n) is 4.99. The molecule has 0 bridgehead atoms. The average molecular weight is 420 g/mol. The van der Waals surface area contributed by atoms with E-state index in [9.17, 15) is 12.8 Å². The highest BCUT2D eigenvalue weighted by atomic mass is 32.2. The quantitative estimate of drug-likeness (QED) is 0.640. The van der Waals surface area contributed by atoms with Gasteiger partial charge in [-0.2, -0.15) is 5.10 Å². The van der Waals surface area contributed by atoms with Gasteiger partial charge in [0.25, 0.3) is 0 Å². The van der Waals surface area contributed by atoms with Gasteiger partial charge in [0, 0.05) is 11.6 Å². The molecule has 1 saturated heterocycles. The minimum atomic E-state index is -3.79. The SMILES string of the molecule is Cc1ccc(S(=O)(=O)N[C@H]2CC[C@H](CF)OC2)cc1-c1cnc2c(N)ncnn12. The lowest BCUT2D eigenvalue weighted by atomic mass is 10.1. The molecule has 0 saturated carbocycles. The number of fused-ring (bicyclic) bond motifs is 1. The van der Waals surface area contributed by atoms with Crippen molar-refractivity contribution in [1.82, 2.24) is 24.3 Å². The minimum absolute atomic E-state index is 0.114. The maximum Gasteiger partial charge on any atom is 0.240 e. The van der Waals surface area contributed by atoms with Gasteiger partial charge in [0.05, 0.1) is 29.5 Å². The van der Waals surface area contributed by atoms with Crippen LogP contribution in [-0.2, 0) is 14.8 Å². The fourth-order valence-corrected chi connectivity index (χ4v) is 4.65. The number of rotatable bonds is 5. The van der Waals surface area contributed by atoms with Crippen LogP contribution in [0.4, 0.5) is 10.2 Å². The highest BCUT2D eigenvalue weighted by molar-refractivity contribution is 7.89. The van der Waals surface area contributed by atoms with Gasteiger partial charge in [-0.15, -0.1) is 0 Å². The molecular weight excluding hydrogens is 399 g/mol. The summed E-state index contributed by atoms with van der Waals surface area (Å²) in [5.74, 6) is 0.234. The lowest BCUT2D eigenvalue weighted by Crippen LogP contribution is -2.43. The number of halogens is 1. The molecule has 3 N–H and O–H groups in total. The van der Waals surface area contributed by atoms with Gasteiger partial charge in [0.1, 0.15) is 13.0 Å². The number of ether oxygens (including phenoxy) is 1. The summed E-state index contributed by atoms with van der Waals surface area (Å²) >= 11 is 0. The zero-order chi connectivity index (χ0) is 20.6. The number of anilines is 1. The summed E-state index contributed by atoms with van der Waals surface area (Å²) in [6.45, 7) is 1.46. The van der Waals surface area contributed by atoms with E-state index in [1.165, 1.54) is 10.8 Å². The fraction of sp³-hybridized carbons (Fsp3) is 0.389. The molecule has 9 nitrogen and oxygen atoms in total. The molecule has 29 heavy (non-hydrogen) atoms. The van der Waals surface area contributed by atoms with Crippen molar-refractivity contribution in [3.8, 4) is 11.3 Å². The van der Waals surface area contributed by atoms with Crippen LogP contribution in [0.1, 0.15) is 18.4 Å². The first-order chi connectivity index (χ1) is 13.9. The summed E-state index contributed by atoms with van der Waals surface area (Å²) in [5.41, 5.74) is 8.36. The number of nitrogens with two attached hydrogens (primary N) is 1. The van der Waals surface area contributed by atoms with E-state index < -0.39 is 28.8 Å². The van der Waals surface area contributed by atoms with Gasteiger partial charge in [-0.05, 0) is 37.5 Å². The van der Waals surface area contributed by atoms with Gasteiger partial charge >= 0.3 is 0 Å². The number of nitrogens with zero attached hydrogens (tertiary/aromatic N) is 4. The first kappa shape index (κ1) is 19.7. The van der Waals surface area contributed by atoms with E-state index in [2.05, 4.69) is 19.8 Å². The Bertz CT molecular complexity index is 1140. The van der Waals surface area contributed by atoms with Crippen LogP contribution in [0.15, 0.2) is 35.6 Å². The number of hydrogen-bond donors (Lipinski definition) is 2. The van der Waals surface area contributed by atoms with Crippen LogP contribution in [0.25, 0.3) is 16.9 Å². The highest BCUT2D eigenvalue weighted by Crippen LogP contribution is 2.28. The van der Waals surface area contributed by atoms with Crippen molar-refractivity contribution in [3.63, 3.8) is 0 Å². The molecule has 0 amide bonds. The van der Waals surface area contributed by atoms with Crippen LogP contribution in [0.5, 0.6) is 0 Å². The molecule has 1 aliphatic heterocycles. The molecule has 2 aromatic heterocycles. The molecule has 2 atom stereocenters. The van der Waals surface area contributed by atoms with E-state index in [0.29, 0.717) is 29.7 Å². The summed E-state index contributed by atoms with van der Waals surface area (Å²) in [5, 5.41) is 4.17. The number of hydrogen-bond acceptors (Lipinski definition) is 7. The van der Waals surface area contributed by atoms with E-state index in [1.807, 2.05) is 6.92 Å². The van der Waals surface area contributed by atoms with Gasteiger partial charge in [0.2, 0.25) is 10.0 Å². The Morgan fingerprint density at radius 1 is 1.34 bits per heavy atom. The van der Waals surface area contributed by atoms with Crippen molar-refractivity contribution in [2.45, 2.75) is 36.8 Å². The summed E-state index contributed by atoms with van der Waals surface area (Å²) in [7, 11) is -3.79. The molecule has 3 aromatic rings. The predicted octanol–water partition coefficient (Wildman–Crippen LogP) is 1.48. The molecule has 154 valence electrons. The number of alkyl halides is 1. The van der Waals surface area contributed by atoms with Gasteiger partial charge in [-0.3, -0.25) is 0 Å². The van der Waals surface area contributed by atoms with Gasteiger partial charge in [-0.25, -0.2) is 32.0 Å². The normalized spacial score (nSPS) is 20.2. The van der Waals surface area contributed by atoms with E-state index in [-0.39, 0.29) is 17.3 Å². The third kappa shape index (κ3) is 3.80. The maximum absolute atomic E-state index is 12.9. The van der Waals surface area contributed by atoms with Crippen molar-refractivity contribution in [3.05, 3.63) is 36.3 Å². The second-order valence-corrected chi connectivity index (χ2v) is 8.72. The highest BCUT2D eigenvalue weighted by Gasteiger charge is 2.27. The number of imidazole rings is 1. The molecule has 11 heteroatoms. The summed E-state index contributed by atoms with van der Waals surface area (Å²) < 4.78 is 48.0. The first-order valence-electron chi connectivity index (χ1n) is 9.14. The molecule has 1 fully saturated rings. The van der Waals surface area contributed by atoms with Crippen molar-refractivity contribution >= 4 is 21.5 Å². The largest absolute Gasteiger partial charge is 0.381 e. The number of benzene rings is 1. The Morgan fingerprint density at radius 2 is 2.17 bits per heavy atom. The zero-order valence-corrected chi connectivity index (χ0v) is 16.6. The third-order valence-corrected chi connectivity index (χ3v) is 6.51. The topological polar surface area (TPSA) is 124 Å². The summed E-state index contributed by atoms with van der Waals surface area (Å²) in [4.78, 5) is 8.26. The molecule has 3 heterocycles. The Labute approximate surface area is 167 Å². The fourth-order valence-electron chi connectivity index (χ4n) is 3.37. The van der Waals surface area contributed by atoms with Crippen LogP contribution >= 0.6 is 0 Å². The van der Waals surface area contributed by atoms with E-state index in [4.69, 9.17) is 10.5 Å². The monoisotopic (exact) mass is 420 g/mol. The average Bonchev–Trinajstić information content (AvgIpc) is 3.14. The van der Waals surface area contributed by atoms with Crippen LogP contribution in [0.2, 0.25) is 0 Å². The van der Waals surface area contributed by atoms with Gasteiger partial charge in [0.15, 0.2) is 11.5 Å². The van der Waals surface area contributed by atoms with Crippen molar-refractivity contribution in [1.29, 1.82) is 0 Å². The molecule has 1 aliphatic rings. The van der Waals surface area contributed by atoms with Crippen molar-refractivity contribution in [2.75, 3.05) is 19.0 Å². The Hall–Kier alpha value is -2.63. The molecule has 1 aromatic carbocycles. The molecule has 0 aliphatic carbocycles. The van der Waals surface area contributed by atoms with E-state index in [1.54, 1.807) is 24.4 Å². The van der Waals surface area contributed by atoms with Crippen LogP contribution in [0.3, 0.4) is 0 Å². The Balaban J connectivity index is 1.65. The number of nitrogens with one attached hydrogen (secondary N) is 1. The van der Waals surface area contributed by atoms with Gasteiger partial charge < -0.3 is 10.5 Å². The van der Waals surface area contributed by atoms with Crippen LogP contribution < -0.4 is 10.5 Å². The second kappa shape index (κ2) is 7.65. The Morgan fingerprint density at radius 3 is 2.90 bits per heavy atom. The number of aryl methyl sites for hydroxylation is 1. The maximum atomic E-state index is 12.9. The zero-order valence-electron chi connectivity index (χ0n) is 15.7. The van der Waals surface area contributed by atoms with E-state index >= 15 is 0 Å². The predicted molar refractivity (Wildman–Crippen MR) is 104 cm³/mol. The molecule has 0 radical (unpaired) electrons. The number of aromatic nitrogens is 4. The molecule has 0 spiro atoms. The summed E-state index contributed by atoms with van der Waals surface area (Å²) in [6.07, 6.45) is 3.45. The number of nitrogen functional groups attached to an aromatic ring is 1. The van der Waals surface area contributed by atoms with Crippen molar-refractivity contribution in [2.24, 2.45) is 0 Å². The lowest BCUT2D eigenvalue weighted by molar-refractivity contribution is -0.0107. The molecular formula is C18H21FN6O3S.